The van der Waals surface area contributed by atoms with Crippen molar-refractivity contribution in [2.24, 2.45) is 0 Å². The van der Waals surface area contributed by atoms with Crippen LogP contribution in [0.15, 0.2) is 42.5 Å². The van der Waals surface area contributed by atoms with Crippen molar-refractivity contribution in [2.75, 3.05) is 5.73 Å². The molecule has 0 saturated carbocycles. The average molecular weight is 229 g/mol. The van der Waals surface area contributed by atoms with Crippen molar-refractivity contribution >= 4 is 5.69 Å². The highest BCUT2D eigenvalue weighted by molar-refractivity contribution is 5.48. The Morgan fingerprint density at radius 1 is 0.882 bits per heavy atom. The molecule has 2 rings (SSSR count). The summed E-state index contributed by atoms with van der Waals surface area (Å²) in [5, 5.41) is 0. The van der Waals surface area contributed by atoms with Gasteiger partial charge in [0.25, 0.3) is 0 Å². The first-order chi connectivity index (χ1) is 8.16. The van der Waals surface area contributed by atoms with E-state index in [1.165, 1.54) is 18.2 Å². The molecule has 0 fully saturated rings. The van der Waals surface area contributed by atoms with Gasteiger partial charge in [-0.3, -0.25) is 0 Å². The molecule has 0 amide bonds. The maximum atomic E-state index is 13.2. The summed E-state index contributed by atoms with van der Waals surface area (Å²) < 4.78 is 26.4. The minimum Gasteiger partial charge on any atom is -0.396 e. The fraction of sp³-hybridized carbons (Fsp3) is 0. The minimum absolute atomic E-state index is 0.0708. The molecule has 0 aromatic heterocycles. The molecule has 2 N–H and O–H groups in total. The summed E-state index contributed by atoms with van der Waals surface area (Å²) in [7, 11) is 0. The van der Waals surface area contributed by atoms with Crippen molar-refractivity contribution in [1.29, 1.82) is 0 Å². The van der Waals surface area contributed by atoms with Gasteiger partial charge >= 0.3 is 0 Å². The van der Waals surface area contributed by atoms with E-state index in [1.54, 1.807) is 24.3 Å². The van der Waals surface area contributed by atoms with Crippen molar-refractivity contribution in [3.8, 4) is 11.8 Å². The number of nitrogens with two attached hydrogens (primary N) is 1. The largest absolute Gasteiger partial charge is 0.396 e. The zero-order valence-electron chi connectivity index (χ0n) is 8.87. The zero-order chi connectivity index (χ0) is 12.3. The van der Waals surface area contributed by atoms with E-state index in [0.29, 0.717) is 5.56 Å². The van der Waals surface area contributed by atoms with Crippen molar-refractivity contribution in [3.63, 3.8) is 0 Å². The third kappa shape index (κ3) is 2.61. The first-order valence-electron chi connectivity index (χ1n) is 4.98. The molecule has 0 aliphatic heterocycles. The third-order valence-electron chi connectivity index (χ3n) is 2.22. The third-order valence-corrected chi connectivity index (χ3v) is 2.22. The SMILES string of the molecule is Nc1ccc(C#Cc2ccccc2F)cc1F. The van der Waals surface area contributed by atoms with Gasteiger partial charge in [-0.2, -0.15) is 0 Å². The molecule has 2 aromatic carbocycles. The van der Waals surface area contributed by atoms with Crippen molar-refractivity contribution in [1.82, 2.24) is 0 Å². The predicted molar refractivity (Wildman–Crippen MR) is 63.2 cm³/mol. The van der Waals surface area contributed by atoms with Crippen LogP contribution in [-0.4, -0.2) is 0 Å². The van der Waals surface area contributed by atoms with Crippen LogP contribution in [0.3, 0.4) is 0 Å². The molecule has 0 heterocycles. The van der Waals surface area contributed by atoms with Gasteiger partial charge in [-0.25, -0.2) is 8.78 Å². The molecule has 0 aliphatic carbocycles. The number of rotatable bonds is 0. The van der Waals surface area contributed by atoms with Gasteiger partial charge in [0, 0.05) is 5.56 Å². The van der Waals surface area contributed by atoms with E-state index >= 15 is 0 Å². The van der Waals surface area contributed by atoms with Crippen molar-refractivity contribution in [3.05, 3.63) is 65.2 Å². The molecule has 84 valence electrons. The van der Waals surface area contributed by atoms with Gasteiger partial charge in [-0.15, -0.1) is 0 Å². The second kappa shape index (κ2) is 4.67. The molecule has 1 nitrogen and oxygen atoms in total. The van der Waals surface area contributed by atoms with E-state index in [4.69, 9.17) is 5.73 Å². The van der Waals surface area contributed by atoms with Crippen LogP contribution in [0.4, 0.5) is 14.5 Å². The van der Waals surface area contributed by atoms with Gasteiger partial charge < -0.3 is 5.73 Å². The molecule has 0 spiro atoms. The van der Waals surface area contributed by atoms with Crippen LogP contribution in [0, 0.1) is 23.5 Å². The lowest BCUT2D eigenvalue weighted by Gasteiger charge is -1.96. The summed E-state index contributed by atoms with van der Waals surface area (Å²) in [6, 6.07) is 10.4. The van der Waals surface area contributed by atoms with Gasteiger partial charge in [0.05, 0.1) is 11.3 Å². The van der Waals surface area contributed by atoms with Crippen LogP contribution in [0.5, 0.6) is 0 Å². The quantitative estimate of drug-likeness (QED) is 0.545. The highest BCUT2D eigenvalue weighted by atomic mass is 19.1. The number of benzene rings is 2. The average Bonchev–Trinajstić information content (AvgIpc) is 2.32. The standard InChI is InChI=1S/C14H9F2N/c15-12-4-2-1-3-11(12)7-5-10-6-8-14(17)13(16)9-10/h1-4,6,8-9H,17H2. The van der Waals surface area contributed by atoms with Crippen LogP contribution in [-0.2, 0) is 0 Å². The molecular formula is C14H9F2N. The summed E-state index contributed by atoms with van der Waals surface area (Å²) >= 11 is 0. The van der Waals surface area contributed by atoms with Crippen LogP contribution in [0.2, 0.25) is 0 Å². The molecule has 0 atom stereocenters. The smallest absolute Gasteiger partial charge is 0.147 e. The fourth-order valence-corrected chi connectivity index (χ4v) is 1.31. The van der Waals surface area contributed by atoms with E-state index in [0.717, 1.165) is 0 Å². The number of anilines is 1. The fourth-order valence-electron chi connectivity index (χ4n) is 1.31. The molecule has 17 heavy (non-hydrogen) atoms. The first kappa shape index (κ1) is 11.2. The molecule has 0 unspecified atom stereocenters. The van der Waals surface area contributed by atoms with Gasteiger partial charge in [-0.05, 0) is 30.3 Å². The van der Waals surface area contributed by atoms with Crippen LogP contribution in [0.1, 0.15) is 11.1 Å². The highest BCUT2D eigenvalue weighted by Crippen LogP contribution is 2.11. The Labute approximate surface area is 97.9 Å². The normalized spacial score (nSPS) is 9.53. The summed E-state index contributed by atoms with van der Waals surface area (Å²) in [6.07, 6.45) is 0. The van der Waals surface area contributed by atoms with Crippen LogP contribution < -0.4 is 5.73 Å². The molecule has 2 aromatic rings. The Balaban J connectivity index is 2.33. The van der Waals surface area contributed by atoms with Crippen LogP contribution in [0.25, 0.3) is 0 Å². The molecule has 0 saturated heterocycles. The van der Waals surface area contributed by atoms with Gasteiger partial charge in [0.2, 0.25) is 0 Å². The Morgan fingerprint density at radius 2 is 1.65 bits per heavy atom. The second-order valence-electron chi connectivity index (χ2n) is 3.47. The summed E-state index contributed by atoms with van der Waals surface area (Å²) in [4.78, 5) is 0. The monoisotopic (exact) mass is 229 g/mol. The van der Waals surface area contributed by atoms with Crippen molar-refractivity contribution < 1.29 is 8.78 Å². The zero-order valence-corrected chi connectivity index (χ0v) is 8.87. The molecule has 3 heteroatoms. The lowest BCUT2D eigenvalue weighted by molar-refractivity contribution is 0.624. The van der Waals surface area contributed by atoms with E-state index in [9.17, 15) is 8.78 Å². The Morgan fingerprint density at radius 3 is 2.35 bits per heavy atom. The Bertz CT molecular complexity index is 609. The van der Waals surface area contributed by atoms with Gasteiger partial charge in [0.15, 0.2) is 0 Å². The molecular weight excluding hydrogens is 220 g/mol. The summed E-state index contributed by atoms with van der Waals surface area (Å²) in [6.45, 7) is 0. The molecule has 0 radical (unpaired) electrons. The maximum absolute atomic E-state index is 13.2. The Kier molecular flexibility index (Phi) is 3.06. The number of nitrogen functional groups attached to an aromatic ring is 1. The van der Waals surface area contributed by atoms with E-state index in [1.807, 2.05) is 0 Å². The lowest BCUT2D eigenvalue weighted by atomic mass is 10.1. The number of hydrogen-bond donors (Lipinski definition) is 1. The molecule has 0 bridgehead atoms. The molecule has 0 aliphatic rings. The van der Waals surface area contributed by atoms with E-state index < -0.39 is 11.6 Å². The van der Waals surface area contributed by atoms with E-state index in [-0.39, 0.29) is 11.3 Å². The summed E-state index contributed by atoms with van der Waals surface area (Å²) in [5.41, 5.74) is 6.15. The van der Waals surface area contributed by atoms with Crippen molar-refractivity contribution in [2.45, 2.75) is 0 Å². The highest BCUT2D eigenvalue weighted by Gasteiger charge is 1.98. The lowest BCUT2D eigenvalue weighted by Crippen LogP contribution is -1.90. The number of halogens is 2. The van der Waals surface area contributed by atoms with Crippen LogP contribution >= 0.6 is 0 Å². The predicted octanol–water partition coefficient (Wildman–Crippen LogP) is 2.95. The van der Waals surface area contributed by atoms with E-state index in [2.05, 4.69) is 11.8 Å². The Hall–Kier alpha value is -2.34. The van der Waals surface area contributed by atoms with Gasteiger partial charge in [0.1, 0.15) is 11.6 Å². The first-order valence-corrected chi connectivity index (χ1v) is 4.98. The summed E-state index contributed by atoms with van der Waals surface area (Å²) in [5.74, 6) is 4.41. The maximum Gasteiger partial charge on any atom is 0.147 e. The second-order valence-corrected chi connectivity index (χ2v) is 3.47. The number of hydrogen-bond acceptors (Lipinski definition) is 1. The topological polar surface area (TPSA) is 26.0 Å². The minimum atomic E-state index is -0.523. The van der Waals surface area contributed by atoms with Gasteiger partial charge in [-0.1, -0.05) is 24.0 Å².